The van der Waals surface area contributed by atoms with E-state index in [1.165, 1.54) is 29.2 Å². The number of thioether (sulfide) groups is 1. The Kier molecular flexibility index (Phi) is 7.56. The fraction of sp³-hybridized carbons (Fsp3) is 0.233. The number of rotatable bonds is 7. The van der Waals surface area contributed by atoms with E-state index in [-0.39, 0.29) is 11.0 Å². The molecular formula is C30H30N2O3S2Si. The highest BCUT2D eigenvalue weighted by Crippen LogP contribution is 2.41. The lowest BCUT2D eigenvalue weighted by atomic mass is 10.2. The maximum Gasteiger partial charge on any atom is 0.331 e. The average Bonchev–Trinajstić information content (AvgIpc) is 3.62. The van der Waals surface area contributed by atoms with Gasteiger partial charge in [-0.25, -0.2) is 9.78 Å². The van der Waals surface area contributed by atoms with E-state index in [2.05, 4.69) is 92.5 Å². The fourth-order valence-corrected chi connectivity index (χ4v) is 11.1. The summed E-state index contributed by atoms with van der Waals surface area (Å²) in [6.07, 6.45) is 0. The van der Waals surface area contributed by atoms with E-state index in [4.69, 9.17) is 14.1 Å². The van der Waals surface area contributed by atoms with Crippen molar-refractivity contribution in [1.82, 2.24) is 4.98 Å². The summed E-state index contributed by atoms with van der Waals surface area (Å²) in [5.41, 5.74) is 1.73. The molecule has 1 aliphatic rings. The first kappa shape index (κ1) is 26.4. The van der Waals surface area contributed by atoms with Crippen LogP contribution >= 0.6 is 23.1 Å². The molecule has 2 heterocycles. The van der Waals surface area contributed by atoms with Gasteiger partial charge < -0.3 is 9.16 Å². The second-order valence-electron chi connectivity index (χ2n) is 10.1. The maximum atomic E-state index is 11.9. The van der Waals surface area contributed by atoms with Gasteiger partial charge in [0.15, 0.2) is 6.04 Å². The minimum absolute atomic E-state index is 0.158. The number of methoxy groups -OCH3 is 1. The van der Waals surface area contributed by atoms with Crippen molar-refractivity contribution in [3.63, 3.8) is 0 Å². The largest absolute Gasteiger partial charge is 0.533 e. The second-order valence-corrected chi connectivity index (χ2v) is 16.2. The van der Waals surface area contributed by atoms with Crippen molar-refractivity contribution in [2.75, 3.05) is 12.9 Å². The van der Waals surface area contributed by atoms with Crippen LogP contribution in [0.1, 0.15) is 26.5 Å². The fourth-order valence-electron chi connectivity index (χ4n) is 4.81. The number of carbonyl (C=O) groups is 1. The number of esters is 1. The van der Waals surface area contributed by atoms with E-state index in [0.717, 1.165) is 27.1 Å². The molecular weight excluding hydrogens is 529 g/mol. The highest BCUT2D eigenvalue weighted by Gasteiger charge is 2.52. The molecule has 0 saturated carbocycles. The zero-order valence-electron chi connectivity index (χ0n) is 21.9. The quantitative estimate of drug-likeness (QED) is 0.212. The summed E-state index contributed by atoms with van der Waals surface area (Å²) in [5.74, 6) is 1.07. The van der Waals surface area contributed by atoms with Gasteiger partial charge >= 0.3 is 14.3 Å². The second kappa shape index (κ2) is 10.9. The summed E-state index contributed by atoms with van der Waals surface area (Å²) in [5, 5.41) is 5.92. The molecule has 5 rings (SSSR count). The number of hydrogen-bond donors (Lipinski definition) is 0. The standard InChI is InChI=1S/C30H30N2O3S2Si/c1-30(2,3)38(21-13-7-5-8-14-21,22-15-9-6-10-16-22)35-26-18-12-11-17-23(26)27-31-24(19-36-27)28-32-25(20-37-28)29(33)34-4/h5-19,25H,20H2,1-4H3/t25-/m0/s1. The molecule has 194 valence electrons. The number of para-hydroxylation sites is 1. The number of hydrogen-bond acceptors (Lipinski definition) is 7. The van der Waals surface area contributed by atoms with Crippen molar-refractivity contribution >= 4 is 52.8 Å². The Hall–Kier alpha value is -3.20. The summed E-state index contributed by atoms with van der Waals surface area (Å²) in [4.78, 5) is 21.4. The van der Waals surface area contributed by atoms with Crippen LogP contribution in [0.5, 0.6) is 5.75 Å². The minimum atomic E-state index is -2.80. The van der Waals surface area contributed by atoms with Gasteiger partial charge in [-0.05, 0) is 27.5 Å². The van der Waals surface area contributed by atoms with Gasteiger partial charge in [0.1, 0.15) is 21.5 Å². The highest BCUT2D eigenvalue weighted by molar-refractivity contribution is 8.14. The third-order valence-corrected chi connectivity index (χ3v) is 13.5. The van der Waals surface area contributed by atoms with Crippen molar-refractivity contribution in [3.8, 4) is 16.3 Å². The van der Waals surface area contributed by atoms with Gasteiger partial charge in [0.25, 0.3) is 0 Å². The summed E-state index contributed by atoms with van der Waals surface area (Å²) in [7, 11) is -1.41. The summed E-state index contributed by atoms with van der Waals surface area (Å²) >= 11 is 3.10. The third kappa shape index (κ3) is 4.96. The molecule has 1 aromatic heterocycles. The number of nitrogens with zero attached hydrogens (tertiary/aromatic N) is 2. The molecule has 0 N–H and O–H groups in total. The van der Waals surface area contributed by atoms with Gasteiger partial charge in [0, 0.05) is 11.1 Å². The van der Waals surface area contributed by atoms with Gasteiger partial charge in [-0.15, -0.1) is 23.1 Å². The molecule has 0 fully saturated rings. The predicted molar refractivity (Wildman–Crippen MR) is 161 cm³/mol. The number of carbonyl (C=O) groups excluding carboxylic acids is 1. The van der Waals surface area contributed by atoms with Crippen LogP contribution in [0.4, 0.5) is 0 Å². The molecule has 0 aliphatic carbocycles. The van der Waals surface area contributed by atoms with Crippen LogP contribution < -0.4 is 14.8 Å². The van der Waals surface area contributed by atoms with Crippen LogP contribution in [-0.2, 0) is 9.53 Å². The molecule has 38 heavy (non-hydrogen) atoms. The Bertz CT molecular complexity index is 1410. The van der Waals surface area contributed by atoms with Crippen molar-refractivity contribution in [1.29, 1.82) is 0 Å². The Morgan fingerprint density at radius 2 is 1.53 bits per heavy atom. The number of ether oxygens (including phenoxy) is 1. The normalized spacial score (nSPS) is 15.7. The van der Waals surface area contributed by atoms with Crippen LogP contribution in [0.2, 0.25) is 5.04 Å². The molecule has 0 amide bonds. The SMILES string of the molecule is COC(=O)[C@@H]1CSC(c2csc(-c3ccccc3O[Si](c3ccccc3)(c3ccccc3)C(C)(C)C)n2)=N1. The van der Waals surface area contributed by atoms with Crippen LogP contribution in [-0.4, -0.2) is 43.2 Å². The van der Waals surface area contributed by atoms with Gasteiger partial charge in [0.05, 0.1) is 12.7 Å². The van der Waals surface area contributed by atoms with Crippen molar-refractivity contribution < 1.29 is 14.0 Å². The Morgan fingerprint density at radius 3 is 2.13 bits per heavy atom. The van der Waals surface area contributed by atoms with Crippen molar-refractivity contribution in [2.24, 2.45) is 4.99 Å². The third-order valence-electron chi connectivity index (χ3n) is 6.64. The van der Waals surface area contributed by atoms with E-state index in [1.807, 2.05) is 23.6 Å². The molecule has 5 nitrogen and oxygen atoms in total. The number of benzene rings is 3. The lowest BCUT2D eigenvalue weighted by Gasteiger charge is -2.43. The molecule has 1 atom stereocenters. The van der Waals surface area contributed by atoms with Gasteiger partial charge in [-0.2, -0.15) is 0 Å². The van der Waals surface area contributed by atoms with Crippen LogP contribution in [0.15, 0.2) is 95.3 Å². The van der Waals surface area contributed by atoms with Gasteiger partial charge in [0.2, 0.25) is 0 Å². The molecule has 0 bridgehead atoms. The molecule has 0 spiro atoms. The average molecular weight is 559 g/mol. The number of thiazole rings is 1. The predicted octanol–water partition coefficient (Wildman–Crippen LogP) is 5.78. The first-order chi connectivity index (χ1) is 18.3. The number of aliphatic imine (C=N–C) groups is 1. The molecule has 0 unspecified atom stereocenters. The maximum absolute atomic E-state index is 11.9. The topological polar surface area (TPSA) is 60.8 Å². The van der Waals surface area contributed by atoms with Crippen LogP contribution in [0.25, 0.3) is 10.6 Å². The Balaban J connectivity index is 1.58. The Labute approximate surface area is 233 Å². The summed E-state index contributed by atoms with van der Waals surface area (Å²) < 4.78 is 12.2. The monoisotopic (exact) mass is 558 g/mol. The molecule has 4 aromatic rings. The number of aromatic nitrogens is 1. The first-order valence-electron chi connectivity index (χ1n) is 12.5. The lowest BCUT2D eigenvalue weighted by Crippen LogP contribution is -2.68. The summed E-state index contributed by atoms with van der Waals surface area (Å²) in [6, 6.07) is 28.9. The molecule has 3 aromatic carbocycles. The smallest absolute Gasteiger partial charge is 0.331 e. The van der Waals surface area contributed by atoms with Crippen LogP contribution in [0, 0.1) is 0 Å². The van der Waals surface area contributed by atoms with E-state index in [0.29, 0.717) is 5.75 Å². The zero-order chi connectivity index (χ0) is 26.8. The van der Waals surface area contributed by atoms with Gasteiger partial charge in [-0.3, -0.25) is 4.99 Å². The molecule has 0 radical (unpaired) electrons. The zero-order valence-corrected chi connectivity index (χ0v) is 24.5. The molecule has 1 aliphatic heterocycles. The first-order valence-corrected chi connectivity index (χ1v) is 16.2. The van der Waals surface area contributed by atoms with E-state index >= 15 is 0 Å². The van der Waals surface area contributed by atoms with E-state index in [1.54, 1.807) is 11.3 Å². The Morgan fingerprint density at radius 1 is 0.921 bits per heavy atom. The molecule has 0 saturated heterocycles. The molecule has 8 heteroatoms. The van der Waals surface area contributed by atoms with E-state index < -0.39 is 14.4 Å². The highest BCUT2D eigenvalue weighted by atomic mass is 32.2. The van der Waals surface area contributed by atoms with Gasteiger partial charge in [-0.1, -0.05) is 93.6 Å². The van der Waals surface area contributed by atoms with Crippen molar-refractivity contribution in [3.05, 3.63) is 96.0 Å². The van der Waals surface area contributed by atoms with E-state index in [9.17, 15) is 4.79 Å². The van der Waals surface area contributed by atoms with Crippen LogP contribution in [0.3, 0.4) is 0 Å². The lowest BCUT2D eigenvalue weighted by molar-refractivity contribution is -0.141. The van der Waals surface area contributed by atoms with Crippen molar-refractivity contribution in [2.45, 2.75) is 31.9 Å². The summed E-state index contributed by atoms with van der Waals surface area (Å²) in [6.45, 7) is 6.82. The minimum Gasteiger partial charge on any atom is -0.533 e.